The van der Waals surface area contributed by atoms with Crippen LogP contribution in [0.2, 0.25) is 5.02 Å². The van der Waals surface area contributed by atoms with E-state index >= 15 is 0 Å². The van der Waals surface area contributed by atoms with Crippen LogP contribution in [0.5, 0.6) is 0 Å². The summed E-state index contributed by atoms with van der Waals surface area (Å²) < 4.78 is 33.0. The number of hydrogen-bond donors (Lipinski definition) is 2. The van der Waals surface area contributed by atoms with Crippen LogP contribution < -0.4 is 4.72 Å². The van der Waals surface area contributed by atoms with E-state index in [0.29, 0.717) is 31.1 Å². The van der Waals surface area contributed by atoms with Gasteiger partial charge in [-0.15, -0.1) is 0 Å². The third-order valence-corrected chi connectivity index (χ3v) is 5.54. The van der Waals surface area contributed by atoms with Gasteiger partial charge in [0.25, 0.3) is 0 Å². The fourth-order valence-corrected chi connectivity index (χ4v) is 4.28. The second-order valence-electron chi connectivity index (χ2n) is 5.35. The molecule has 6 nitrogen and oxygen atoms in total. The Morgan fingerprint density at radius 3 is 2.64 bits per heavy atom. The average molecular weight is 348 g/mol. The van der Waals surface area contributed by atoms with Crippen LogP contribution in [0.1, 0.15) is 25.7 Å². The Morgan fingerprint density at radius 2 is 2.05 bits per heavy atom. The molecule has 122 valence electrons. The van der Waals surface area contributed by atoms with Gasteiger partial charge in [0, 0.05) is 30.2 Å². The van der Waals surface area contributed by atoms with Crippen LogP contribution in [-0.2, 0) is 19.6 Å². The maximum absolute atomic E-state index is 12.5. The van der Waals surface area contributed by atoms with Crippen LogP contribution in [0.3, 0.4) is 0 Å². The number of ether oxygens (including phenoxy) is 1. The van der Waals surface area contributed by atoms with Crippen LogP contribution in [-0.4, -0.2) is 38.2 Å². The minimum Gasteiger partial charge on any atom is -0.481 e. The summed E-state index contributed by atoms with van der Waals surface area (Å²) in [6.45, 7) is 0.801. The Morgan fingerprint density at radius 1 is 1.36 bits per heavy atom. The van der Waals surface area contributed by atoms with Gasteiger partial charge in [0.2, 0.25) is 10.0 Å². The number of sulfonamides is 1. The number of carbonyl (C=O) groups is 1. The third-order valence-electron chi connectivity index (χ3n) is 3.72. The van der Waals surface area contributed by atoms with Gasteiger partial charge in [-0.05, 0) is 37.5 Å². The first-order chi connectivity index (χ1) is 10.3. The Balaban J connectivity index is 2.23. The molecule has 1 heterocycles. The number of hydrogen-bond acceptors (Lipinski definition) is 4. The highest BCUT2D eigenvalue weighted by atomic mass is 35.5. The molecular formula is C14H18ClNO5S. The fourth-order valence-electron chi connectivity index (χ4n) is 2.49. The molecule has 0 bridgehead atoms. The van der Waals surface area contributed by atoms with Crippen LogP contribution in [0.4, 0.5) is 0 Å². The predicted octanol–water partition coefficient (Wildman–Crippen LogP) is 2.03. The van der Waals surface area contributed by atoms with Crippen molar-refractivity contribution in [1.82, 2.24) is 4.72 Å². The first kappa shape index (κ1) is 17.2. The van der Waals surface area contributed by atoms with Gasteiger partial charge in [0.05, 0.1) is 4.90 Å². The van der Waals surface area contributed by atoms with Gasteiger partial charge in [0.1, 0.15) is 0 Å². The summed E-state index contributed by atoms with van der Waals surface area (Å²) in [5, 5.41) is 9.21. The Hall–Kier alpha value is -1.15. The quantitative estimate of drug-likeness (QED) is 0.821. The monoisotopic (exact) mass is 347 g/mol. The predicted molar refractivity (Wildman–Crippen MR) is 81.4 cm³/mol. The summed E-state index contributed by atoms with van der Waals surface area (Å²) >= 11 is 5.84. The highest BCUT2D eigenvalue weighted by Gasteiger charge is 2.37. The molecule has 0 unspecified atom stereocenters. The molecule has 0 atom stereocenters. The van der Waals surface area contributed by atoms with Gasteiger partial charge in [-0.3, -0.25) is 4.79 Å². The van der Waals surface area contributed by atoms with E-state index < -0.39 is 21.5 Å². The summed E-state index contributed by atoms with van der Waals surface area (Å²) in [5.74, 6) is -0.951. The minimum atomic E-state index is -3.77. The van der Waals surface area contributed by atoms with Gasteiger partial charge >= 0.3 is 5.97 Å². The lowest BCUT2D eigenvalue weighted by Crippen LogP contribution is -2.52. The van der Waals surface area contributed by atoms with E-state index in [1.807, 2.05) is 0 Å². The first-order valence-electron chi connectivity index (χ1n) is 6.92. The van der Waals surface area contributed by atoms with Crippen molar-refractivity contribution in [3.8, 4) is 0 Å². The van der Waals surface area contributed by atoms with Crippen molar-refractivity contribution in [1.29, 1.82) is 0 Å². The summed E-state index contributed by atoms with van der Waals surface area (Å²) in [6.07, 6.45) is 1.02. The standard InChI is InChI=1S/C14H18ClNO5S/c15-11-2-1-3-12(10-11)22(19,20)16-14(5-4-13(17)18)6-8-21-9-7-14/h1-3,10,16H,4-9H2,(H,17,18). The van der Waals surface area contributed by atoms with Crippen LogP contribution in [0.15, 0.2) is 29.2 Å². The topological polar surface area (TPSA) is 92.7 Å². The number of nitrogens with one attached hydrogen (secondary N) is 1. The minimum absolute atomic E-state index is 0.0705. The highest BCUT2D eigenvalue weighted by Crippen LogP contribution is 2.29. The van der Waals surface area contributed by atoms with Gasteiger partial charge < -0.3 is 9.84 Å². The van der Waals surface area contributed by atoms with E-state index in [1.165, 1.54) is 12.1 Å². The number of carboxylic acid groups (broad SMARTS) is 1. The Kier molecular flexibility index (Phi) is 5.44. The summed E-state index contributed by atoms with van der Waals surface area (Å²) in [7, 11) is -3.77. The van der Waals surface area contributed by atoms with Crippen molar-refractivity contribution >= 4 is 27.6 Å². The van der Waals surface area contributed by atoms with Crippen molar-refractivity contribution in [2.24, 2.45) is 0 Å². The number of carboxylic acids is 1. The molecule has 1 fully saturated rings. The molecule has 2 N–H and O–H groups in total. The molecule has 0 aliphatic carbocycles. The summed E-state index contributed by atoms with van der Waals surface area (Å²) in [5.41, 5.74) is -0.794. The highest BCUT2D eigenvalue weighted by molar-refractivity contribution is 7.89. The SMILES string of the molecule is O=C(O)CCC1(NS(=O)(=O)c2cccc(Cl)c2)CCOCC1. The molecule has 1 aliphatic heterocycles. The normalized spacial score (nSPS) is 18.0. The van der Waals surface area contributed by atoms with Crippen molar-refractivity contribution in [2.75, 3.05) is 13.2 Å². The van der Waals surface area contributed by atoms with Crippen LogP contribution in [0, 0.1) is 0 Å². The molecule has 2 rings (SSSR count). The second-order valence-corrected chi connectivity index (χ2v) is 7.47. The second kappa shape index (κ2) is 6.95. The molecule has 0 saturated carbocycles. The smallest absolute Gasteiger partial charge is 0.303 e. The Labute approximate surface area is 134 Å². The van der Waals surface area contributed by atoms with E-state index in [0.717, 1.165) is 0 Å². The average Bonchev–Trinajstić information content (AvgIpc) is 2.46. The summed E-state index contributed by atoms with van der Waals surface area (Å²) in [4.78, 5) is 10.9. The van der Waals surface area contributed by atoms with Crippen LogP contribution >= 0.6 is 11.6 Å². The molecule has 0 aromatic heterocycles. The maximum Gasteiger partial charge on any atom is 0.303 e. The van der Waals surface area contributed by atoms with Crippen molar-refractivity contribution in [3.05, 3.63) is 29.3 Å². The van der Waals surface area contributed by atoms with Gasteiger partial charge in [0.15, 0.2) is 0 Å². The number of halogens is 1. The van der Waals surface area contributed by atoms with E-state index in [4.69, 9.17) is 21.4 Å². The molecule has 8 heteroatoms. The van der Waals surface area contributed by atoms with Gasteiger partial charge in [-0.2, -0.15) is 0 Å². The fraction of sp³-hybridized carbons (Fsp3) is 0.500. The van der Waals surface area contributed by atoms with Gasteiger partial charge in [-0.1, -0.05) is 17.7 Å². The van der Waals surface area contributed by atoms with E-state index in [9.17, 15) is 13.2 Å². The van der Waals surface area contributed by atoms with Crippen molar-refractivity contribution in [2.45, 2.75) is 36.1 Å². The molecule has 0 spiro atoms. The zero-order chi connectivity index (χ0) is 16.2. The zero-order valence-corrected chi connectivity index (χ0v) is 13.5. The number of rotatable bonds is 6. The lowest BCUT2D eigenvalue weighted by molar-refractivity contribution is -0.137. The summed E-state index contributed by atoms with van der Waals surface area (Å²) in [6, 6.07) is 5.98. The first-order valence-corrected chi connectivity index (χ1v) is 8.78. The lowest BCUT2D eigenvalue weighted by Gasteiger charge is -2.37. The van der Waals surface area contributed by atoms with E-state index in [-0.39, 0.29) is 17.7 Å². The molecular weight excluding hydrogens is 330 g/mol. The van der Waals surface area contributed by atoms with E-state index in [1.54, 1.807) is 12.1 Å². The third kappa shape index (κ3) is 4.42. The molecule has 0 radical (unpaired) electrons. The molecule has 1 aromatic carbocycles. The maximum atomic E-state index is 12.5. The number of benzene rings is 1. The number of aliphatic carboxylic acids is 1. The van der Waals surface area contributed by atoms with Crippen LogP contribution in [0.25, 0.3) is 0 Å². The molecule has 22 heavy (non-hydrogen) atoms. The van der Waals surface area contributed by atoms with Gasteiger partial charge in [-0.25, -0.2) is 13.1 Å². The largest absolute Gasteiger partial charge is 0.481 e. The van der Waals surface area contributed by atoms with E-state index in [2.05, 4.69) is 4.72 Å². The van der Waals surface area contributed by atoms with Crippen molar-refractivity contribution in [3.63, 3.8) is 0 Å². The molecule has 0 amide bonds. The lowest BCUT2D eigenvalue weighted by atomic mass is 9.86. The molecule has 1 aromatic rings. The zero-order valence-electron chi connectivity index (χ0n) is 11.9. The molecule has 1 saturated heterocycles. The molecule has 1 aliphatic rings. The van der Waals surface area contributed by atoms with Crippen molar-refractivity contribution < 1.29 is 23.1 Å². The Bertz CT molecular complexity index is 640.